The van der Waals surface area contributed by atoms with Crippen LogP contribution >= 0.6 is 27.7 Å². The van der Waals surface area contributed by atoms with E-state index >= 15 is 0 Å². The van der Waals surface area contributed by atoms with Crippen molar-refractivity contribution in [2.45, 2.75) is 12.3 Å². The monoisotopic (exact) mass is 234 g/mol. The lowest BCUT2D eigenvalue weighted by molar-refractivity contribution is 0.443. The standard InChI is InChI=1S/C6H7BrN2OS/c7-6-9-8-5(10-6)4-1-2-11-3-4/h4H,1-3H2. The predicted molar refractivity (Wildman–Crippen MR) is 46.7 cm³/mol. The summed E-state index contributed by atoms with van der Waals surface area (Å²) in [6.07, 6.45) is 1.17. The number of hydrogen-bond donors (Lipinski definition) is 0. The Balaban J connectivity index is 2.15. The van der Waals surface area contributed by atoms with Crippen LogP contribution in [-0.2, 0) is 0 Å². The van der Waals surface area contributed by atoms with Gasteiger partial charge in [-0.2, -0.15) is 11.8 Å². The van der Waals surface area contributed by atoms with Crippen molar-refractivity contribution in [2.75, 3.05) is 11.5 Å². The zero-order valence-corrected chi connectivity index (χ0v) is 8.19. The summed E-state index contributed by atoms with van der Waals surface area (Å²) in [6.45, 7) is 0. The van der Waals surface area contributed by atoms with Gasteiger partial charge in [-0.1, -0.05) is 0 Å². The first kappa shape index (κ1) is 7.61. The Hall–Kier alpha value is -0.0300. The lowest BCUT2D eigenvalue weighted by Crippen LogP contribution is -1.95. The Morgan fingerprint density at radius 1 is 1.55 bits per heavy atom. The highest BCUT2D eigenvalue weighted by molar-refractivity contribution is 9.10. The van der Waals surface area contributed by atoms with Gasteiger partial charge in [0.1, 0.15) is 0 Å². The average Bonchev–Trinajstić information content (AvgIpc) is 2.55. The van der Waals surface area contributed by atoms with Crippen molar-refractivity contribution >= 4 is 27.7 Å². The fourth-order valence-corrected chi connectivity index (χ4v) is 2.57. The van der Waals surface area contributed by atoms with Gasteiger partial charge in [0, 0.05) is 27.6 Å². The first-order valence-corrected chi connectivity index (χ1v) is 5.37. The molecular weight excluding hydrogens is 228 g/mol. The second-order valence-electron chi connectivity index (χ2n) is 2.45. The van der Waals surface area contributed by atoms with Crippen molar-refractivity contribution < 1.29 is 4.42 Å². The minimum Gasteiger partial charge on any atom is -0.415 e. The van der Waals surface area contributed by atoms with Crippen molar-refractivity contribution in [3.05, 3.63) is 10.7 Å². The van der Waals surface area contributed by atoms with Gasteiger partial charge >= 0.3 is 0 Å². The zero-order valence-electron chi connectivity index (χ0n) is 5.79. The van der Waals surface area contributed by atoms with Crippen molar-refractivity contribution in [1.82, 2.24) is 10.2 Å². The van der Waals surface area contributed by atoms with Crippen molar-refractivity contribution in [3.8, 4) is 0 Å². The van der Waals surface area contributed by atoms with Crippen LogP contribution < -0.4 is 0 Å². The first-order valence-electron chi connectivity index (χ1n) is 3.43. The molecular formula is C6H7BrN2OS. The van der Waals surface area contributed by atoms with Crippen molar-refractivity contribution in [3.63, 3.8) is 0 Å². The molecule has 1 aromatic heterocycles. The fourth-order valence-electron chi connectivity index (χ4n) is 1.11. The second-order valence-corrected chi connectivity index (χ2v) is 4.28. The second kappa shape index (κ2) is 3.15. The van der Waals surface area contributed by atoms with E-state index in [-0.39, 0.29) is 0 Å². The molecule has 0 amide bonds. The third-order valence-electron chi connectivity index (χ3n) is 1.69. The Labute approximate surface area is 77.1 Å². The number of halogens is 1. The van der Waals surface area contributed by atoms with Crippen LogP contribution in [0, 0.1) is 0 Å². The van der Waals surface area contributed by atoms with Gasteiger partial charge in [0.05, 0.1) is 0 Å². The third-order valence-corrected chi connectivity index (χ3v) is 3.18. The van der Waals surface area contributed by atoms with E-state index in [9.17, 15) is 0 Å². The molecule has 2 rings (SSSR count). The summed E-state index contributed by atoms with van der Waals surface area (Å²) in [4.78, 5) is 0.490. The van der Waals surface area contributed by atoms with Gasteiger partial charge in [-0.25, -0.2) is 0 Å². The lowest BCUT2D eigenvalue weighted by Gasteiger charge is -1.98. The molecule has 1 fully saturated rings. The maximum Gasteiger partial charge on any atom is 0.284 e. The Kier molecular flexibility index (Phi) is 2.18. The molecule has 1 unspecified atom stereocenters. The molecule has 2 heterocycles. The van der Waals surface area contributed by atoms with Crippen LogP contribution in [0.5, 0.6) is 0 Å². The molecule has 0 aromatic carbocycles. The molecule has 1 aliphatic heterocycles. The van der Waals surface area contributed by atoms with E-state index in [0.717, 1.165) is 11.6 Å². The van der Waals surface area contributed by atoms with Gasteiger partial charge < -0.3 is 4.42 Å². The van der Waals surface area contributed by atoms with Gasteiger partial charge in [0.2, 0.25) is 5.89 Å². The van der Waals surface area contributed by atoms with Crippen LogP contribution in [0.4, 0.5) is 0 Å². The topological polar surface area (TPSA) is 38.9 Å². The van der Waals surface area contributed by atoms with E-state index < -0.39 is 0 Å². The Morgan fingerprint density at radius 2 is 2.45 bits per heavy atom. The first-order chi connectivity index (χ1) is 5.36. The van der Waals surface area contributed by atoms with Crippen LogP contribution in [-0.4, -0.2) is 21.7 Å². The highest BCUT2D eigenvalue weighted by Gasteiger charge is 2.22. The fraction of sp³-hybridized carbons (Fsp3) is 0.667. The molecule has 1 aliphatic rings. The molecule has 0 N–H and O–H groups in total. The molecule has 1 aromatic rings. The van der Waals surface area contributed by atoms with Gasteiger partial charge in [-0.3, -0.25) is 0 Å². The van der Waals surface area contributed by atoms with Gasteiger partial charge in [0.25, 0.3) is 4.80 Å². The van der Waals surface area contributed by atoms with Gasteiger partial charge in [-0.15, -0.1) is 10.2 Å². The number of hydrogen-bond acceptors (Lipinski definition) is 4. The summed E-state index contributed by atoms with van der Waals surface area (Å²) in [7, 11) is 0. The average molecular weight is 235 g/mol. The summed E-state index contributed by atoms with van der Waals surface area (Å²) in [5.41, 5.74) is 0. The van der Waals surface area contributed by atoms with Crippen LogP contribution in [0.15, 0.2) is 9.22 Å². The minimum atomic E-state index is 0.485. The number of thioether (sulfide) groups is 1. The normalized spacial score (nSPS) is 24.3. The maximum absolute atomic E-state index is 5.25. The molecule has 3 nitrogen and oxygen atoms in total. The largest absolute Gasteiger partial charge is 0.415 e. The van der Waals surface area contributed by atoms with E-state index in [1.807, 2.05) is 11.8 Å². The number of nitrogens with zero attached hydrogens (tertiary/aromatic N) is 2. The molecule has 0 radical (unpaired) electrons. The molecule has 1 atom stereocenters. The molecule has 11 heavy (non-hydrogen) atoms. The lowest BCUT2D eigenvalue weighted by atomic mass is 10.1. The van der Waals surface area contributed by atoms with Crippen LogP contribution in [0.25, 0.3) is 0 Å². The summed E-state index contributed by atoms with van der Waals surface area (Å²) in [5.74, 6) is 3.60. The van der Waals surface area contributed by atoms with E-state index in [1.54, 1.807) is 0 Å². The minimum absolute atomic E-state index is 0.485. The Morgan fingerprint density at radius 3 is 3.00 bits per heavy atom. The molecule has 1 saturated heterocycles. The molecule has 60 valence electrons. The van der Waals surface area contributed by atoms with E-state index in [0.29, 0.717) is 10.7 Å². The van der Waals surface area contributed by atoms with Gasteiger partial charge in [-0.05, 0) is 12.2 Å². The quantitative estimate of drug-likeness (QED) is 0.746. The van der Waals surface area contributed by atoms with Crippen LogP contribution in [0.3, 0.4) is 0 Å². The third kappa shape index (κ3) is 1.59. The van der Waals surface area contributed by atoms with Crippen LogP contribution in [0.2, 0.25) is 0 Å². The smallest absolute Gasteiger partial charge is 0.284 e. The number of aromatic nitrogens is 2. The van der Waals surface area contributed by atoms with Crippen molar-refractivity contribution in [2.24, 2.45) is 0 Å². The molecule has 5 heteroatoms. The molecule has 0 aliphatic carbocycles. The maximum atomic E-state index is 5.25. The molecule has 0 spiro atoms. The van der Waals surface area contributed by atoms with E-state index in [4.69, 9.17) is 4.42 Å². The highest BCUT2D eigenvalue weighted by atomic mass is 79.9. The highest BCUT2D eigenvalue weighted by Crippen LogP contribution is 2.31. The summed E-state index contributed by atoms with van der Waals surface area (Å²) >= 11 is 5.08. The molecule has 0 saturated carbocycles. The number of rotatable bonds is 1. The van der Waals surface area contributed by atoms with Crippen molar-refractivity contribution in [1.29, 1.82) is 0 Å². The zero-order chi connectivity index (χ0) is 7.68. The van der Waals surface area contributed by atoms with Gasteiger partial charge in [0.15, 0.2) is 0 Å². The summed E-state index contributed by atoms with van der Waals surface area (Å²) in [5, 5.41) is 7.67. The summed E-state index contributed by atoms with van der Waals surface area (Å²) < 4.78 is 5.25. The van der Waals surface area contributed by atoms with Crippen LogP contribution in [0.1, 0.15) is 18.2 Å². The van der Waals surface area contributed by atoms with E-state index in [1.165, 1.54) is 12.2 Å². The summed E-state index contributed by atoms with van der Waals surface area (Å²) in [6, 6.07) is 0. The SMILES string of the molecule is Brc1nnc(C2CCSC2)o1. The Bertz CT molecular complexity index is 246. The van der Waals surface area contributed by atoms with E-state index in [2.05, 4.69) is 26.1 Å². The molecule has 0 bridgehead atoms. The predicted octanol–water partition coefficient (Wildman–Crippen LogP) is 2.05.